The van der Waals surface area contributed by atoms with Crippen LogP contribution in [0, 0.1) is 5.92 Å². The van der Waals surface area contributed by atoms with Crippen LogP contribution in [0.3, 0.4) is 0 Å². The monoisotopic (exact) mass is 298 g/mol. The maximum atomic E-state index is 12.9. The van der Waals surface area contributed by atoms with E-state index in [1.54, 1.807) is 4.90 Å². The maximum absolute atomic E-state index is 12.9. The minimum atomic E-state index is -0.857. The van der Waals surface area contributed by atoms with E-state index in [-0.39, 0.29) is 25.0 Å². The Morgan fingerprint density at radius 3 is 2.14 bits per heavy atom. The van der Waals surface area contributed by atoms with Crippen LogP contribution in [0.25, 0.3) is 0 Å². The SMILES string of the molecule is CC(C)CN(C(=O)N(CCC(=O)O)C(C)C)C1CCCC1. The van der Waals surface area contributed by atoms with Crippen LogP contribution < -0.4 is 0 Å². The minimum Gasteiger partial charge on any atom is -0.481 e. The summed E-state index contributed by atoms with van der Waals surface area (Å²) in [6, 6.07) is 0.353. The molecule has 1 saturated carbocycles. The van der Waals surface area contributed by atoms with Crippen molar-refractivity contribution in [3.63, 3.8) is 0 Å². The van der Waals surface area contributed by atoms with E-state index in [1.165, 1.54) is 12.8 Å². The number of carboxylic acids is 1. The van der Waals surface area contributed by atoms with Crippen molar-refractivity contribution in [2.45, 2.75) is 71.9 Å². The Hall–Kier alpha value is -1.26. The van der Waals surface area contributed by atoms with Gasteiger partial charge in [0.05, 0.1) is 6.42 Å². The van der Waals surface area contributed by atoms with Gasteiger partial charge in [0, 0.05) is 25.2 Å². The van der Waals surface area contributed by atoms with Gasteiger partial charge in [0.1, 0.15) is 0 Å². The standard InChI is InChI=1S/C16H30N2O3/c1-12(2)11-18(14-7-5-6-8-14)16(21)17(13(3)4)10-9-15(19)20/h12-14H,5-11H2,1-4H3,(H,19,20). The molecule has 0 bridgehead atoms. The molecule has 0 spiro atoms. The third kappa shape index (κ3) is 5.56. The molecule has 122 valence electrons. The Labute approximate surface area is 128 Å². The molecule has 1 aliphatic carbocycles. The first-order chi connectivity index (χ1) is 9.82. The Morgan fingerprint density at radius 1 is 1.14 bits per heavy atom. The molecule has 1 fully saturated rings. The zero-order chi connectivity index (χ0) is 16.0. The van der Waals surface area contributed by atoms with Gasteiger partial charge in [-0.2, -0.15) is 0 Å². The van der Waals surface area contributed by atoms with Gasteiger partial charge < -0.3 is 14.9 Å². The van der Waals surface area contributed by atoms with Gasteiger partial charge >= 0.3 is 12.0 Å². The molecule has 1 N–H and O–H groups in total. The van der Waals surface area contributed by atoms with Crippen LogP contribution in [-0.2, 0) is 4.79 Å². The first-order valence-electron chi connectivity index (χ1n) is 8.12. The molecule has 0 aliphatic heterocycles. The number of carbonyl (C=O) groups excluding carboxylic acids is 1. The van der Waals surface area contributed by atoms with E-state index in [0.717, 1.165) is 19.4 Å². The molecule has 2 amide bonds. The lowest BCUT2D eigenvalue weighted by molar-refractivity contribution is -0.137. The van der Waals surface area contributed by atoms with Gasteiger partial charge in [-0.3, -0.25) is 4.79 Å². The third-order valence-electron chi connectivity index (χ3n) is 4.01. The number of aliphatic carboxylic acids is 1. The molecule has 0 atom stereocenters. The lowest BCUT2D eigenvalue weighted by Gasteiger charge is -2.37. The first-order valence-corrected chi connectivity index (χ1v) is 8.12. The van der Waals surface area contributed by atoms with Crippen LogP contribution in [0.5, 0.6) is 0 Å². The number of rotatable bonds is 7. The van der Waals surface area contributed by atoms with Gasteiger partial charge in [0.15, 0.2) is 0 Å². The highest BCUT2D eigenvalue weighted by Gasteiger charge is 2.31. The number of urea groups is 1. The van der Waals surface area contributed by atoms with E-state index in [4.69, 9.17) is 5.11 Å². The average Bonchev–Trinajstić information content (AvgIpc) is 2.88. The highest BCUT2D eigenvalue weighted by atomic mass is 16.4. The maximum Gasteiger partial charge on any atom is 0.320 e. The fourth-order valence-electron chi connectivity index (χ4n) is 2.95. The van der Waals surface area contributed by atoms with Gasteiger partial charge in [0.25, 0.3) is 0 Å². The second kappa shape index (κ2) is 8.25. The van der Waals surface area contributed by atoms with Crippen LogP contribution in [0.15, 0.2) is 0 Å². The van der Waals surface area contributed by atoms with Crippen molar-refractivity contribution in [3.05, 3.63) is 0 Å². The largest absolute Gasteiger partial charge is 0.481 e. The molecule has 1 rings (SSSR count). The summed E-state index contributed by atoms with van der Waals surface area (Å²) < 4.78 is 0. The Balaban J connectivity index is 2.80. The topological polar surface area (TPSA) is 60.9 Å². The van der Waals surface area contributed by atoms with E-state index in [0.29, 0.717) is 12.0 Å². The fraction of sp³-hybridized carbons (Fsp3) is 0.875. The van der Waals surface area contributed by atoms with Crippen LogP contribution in [0.1, 0.15) is 59.8 Å². The Bertz CT molecular complexity index is 349. The molecular formula is C16H30N2O3. The Kier molecular flexibility index (Phi) is 6.99. The summed E-state index contributed by atoms with van der Waals surface area (Å²) in [7, 11) is 0. The summed E-state index contributed by atoms with van der Waals surface area (Å²) in [5.74, 6) is -0.437. The van der Waals surface area contributed by atoms with Crippen molar-refractivity contribution < 1.29 is 14.7 Å². The van der Waals surface area contributed by atoms with Gasteiger partial charge in [-0.25, -0.2) is 4.79 Å². The molecule has 5 heteroatoms. The van der Waals surface area contributed by atoms with E-state index < -0.39 is 5.97 Å². The molecule has 0 aromatic heterocycles. The van der Waals surface area contributed by atoms with E-state index in [1.807, 2.05) is 18.7 Å². The number of carbonyl (C=O) groups is 2. The molecule has 0 aromatic rings. The molecule has 0 radical (unpaired) electrons. The van der Waals surface area contributed by atoms with E-state index >= 15 is 0 Å². The molecular weight excluding hydrogens is 268 g/mol. The number of hydrogen-bond acceptors (Lipinski definition) is 2. The second-order valence-electron chi connectivity index (χ2n) is 6.70. The fourth-order valence-corrected chi connectivity index (χ4v) is 2.95. The molecule has 0 saturated heterocycles. The van der Waals surface area contributed by atoms with Crippen molar-refractivity contribution in [1.29, 1.82) is 0 Å². The predicted octanol–water partition coefficient (Wildman–Crippen LogP) is 3.19. The number of amides is 2. The zero-order valence-electron chi connectivity index (χ0n) is 13.8. The zero-order valence-corrected chi connectivity index (χ0v) is 13.8. The van der Waals surface area contributed by atoms with E-state index in [2.05, 4.69) is 13.8 Å². The second-order valence-corrected chi connectivity index (χ2v) is 6.70. The first kappa shape index (κ1) is 17.8. The molecule has 0 aromatic carbocycles. The van der Waals surface area contributed by atoms with Gasteiger partial charge in [-0.05, 0) is 32.6 Å². The van der Waals surface area contributed by atoms with Gasteiger partial charge in [0.2, 0.25) is 0 Å². The average molecular weight is 298 g/mol. The number of nitrogens with zero attached hydrogens (tertiary/aromatic N) is 2. The van der Waals surface area contributed by atoms with Gasteiger partial charge in [-0.15, -0.1) is 0 Å². The van der Waals surface area contributed by atoms with Crippen LogP contribution >= 0.6 is 0 Å². The predicted molar refractivity (Wildman–Crippen MR) is 83.3 cm³/mol. The molecule has 21 heavy (non-hydrogen) atoms. The molecule has 5 nitrogen and oxygen atoms in total. The summed E-state index contributed by atoms with van der Waals surface area (Å²) in [6.07, 6.45) is 4.52. The lowest BCUT2D eigenvalue weighted by Crippen LogP contribution is -2.51. The highest BCUT2D eigenvalue weighted by Crippen LogP contribution is 2.25. The van der Waals surface area contributed by atoms with Crippen molar-refractivity contribution in [1.82, 2.24) is 9.80 Å². The number of carboxylic acid groups (broad SMARTS) is 1. The summed E-state index contributed by atoms with van der Waals surface area (Å²) in [6.45, 7) is 9.16. The smallest absolute Gasteiger partial charge is 0.320 e. The minimum absolute atomic E-state index is 0.00407. The Morgan fingerprint density at radius 2 is 1.71 bits per heavy atom. The third-order valence-corrected chi connectivity index (χ3v) is 4.01. The van der Waals surface area contributed by atoms with Crippen molar-refractivity contribution in [3.8, 4) is 0 Å². The lowest BCUT2D eigenvalue weighted by atomic mass is 10.1. The van der Waals surface area contributed by atoms with Crippen LogP contribution in [0.2, 0.25) is 0 Å². The molecule has 1 aliphatic rings. The van der Waals surface area contributed by atoms with Crippen molar-refractivity contribution in [2.75, 3.05) is 13.1 Å². The van der Waals surface area contributed by atoms with Crippen LogP contribution in [0.4, 0.5) is 4.79 Å². The van der Waals surface area contributed by atoms with Crippen molar-refractivity contribution in [2.24, 2.45) is 5.92 Å². The molecule has 0 heterocycles. The summed E-state index contributed by atoms with van der Waals surface area (Å²) >= 11 is 0. The van der Waals surface area contributed by atoms with Crippen molar-refractivity contribution >= 4 is 12.0 Å². The molecule has 0 unspecified atom stereocenters. The number of hydrogen-bond donors (Lipinski definition) is 1. The summed E-state index contributed by atoms with van der Waals surface area (Å²) in [5, 5.41) is 8.87. The highest BCUT2D eigenvalue weighted by molar-refractivity contribution is 5.76. The van der Waals surface area contributed by atoms with E-state index in [9.17, 15) is 9.59 Å². The quantitative estimate of drug-likeness (QED) is 0.785. The summed E-state index contributed by atoms with van der Waals surface area (Å²) in [5.41, 5.74) is 0. The summed E-state index contributed by atoms with van der Waals surface area (Å²) in [4.78, 5) is 27.4. The van der Waals surface area contributed by atoms with Gasteiger partial charge in [-0.1, -0.05) is 26.7 Å². The normalized spacial score (nSPS) is 15.7. The van der Waals surface area contributed by atoms with Crippen LogP contribution in [-0.4, -0.2) is 52.1 Å².